The van der Waals surface area contributed by atoms with E-state index in [2.05, 4.69) is 18.9 Å². The maximum atomic E-state index is 10.9. The van der Waals surface area contributed by atoms with Crippen molar-refractivity contribution in [2.24, 2.45) is 0 Å². The van der Waals surface area contributed by atoms with Gasteiger partial charge in [-0.25, -0.2) is 0 Å². The van der Waals surface area contributed by atoms with Gasteiger partial charge in [-0.05, 0) is 0 Å². The topological polar surface area (TPSA) is 105 Å². The van der Waals surface area contributed by atoms with E-state index in [0.29, 0.717) is 0 Å². The molecular weight excluding hydrogens is 236 g/mol. The fourth-order valence-electron chi connectivity index (χ4n) is 0.643. The summed E-state index contributed by atoms with van der Waals surface area (Å²) in [5.41, 5.74) is 0. The van der Waals surface area contributed by atoms with Crippen molar-refractivity contribution in [2.75, 3.05) is 21.0 Å². The number of ether oxygens (including phenoxy) is 4. The molecule has 0 spiro atoms. The molecule has 8 nitrogen and oxygen atoms in total. The fraction of sp³-hybridized carbons (Fsp3) is 0.556. The van der Waals surface area contributed by atoms with Crippen LogP contribution in [0.25, 0.3) is 0 Å². The zero-order chi connectivity index (χ0) is 13.3. The van der Waals surface area contributed by atoms with E-state index in [0.717, 1.165) is 14.2 Å². The second kappa shape index (κ2) is 8.08. The summed E-state index contributed by atoms with van der Waals surface area (Å²) in [6.07, 6.45) is -1.16. The molecule has 8 heteroatoms. The second-order valence-electron chi connectivity index (χ2n) is 2.66. The lowest BCUT2D eigenvalue weighted by atomic mass is 10.4. The van der Waals surface area contributed by atoms with Gasteiger partial charge in [-0.3, -0.25) is 19.2 Å². The number of methoxy groups -OCH3 is 2. The molecule has 0 rings (SSSR count). The van der Waals surface area contributed by atoms with Gasteiger partial charge in [-0.1, -0.05) is 0 Å². The predicted octanol–water partition coefficient (Wildman–Crippen LogP) is -0.844. The van der Waals surface area contributed by atoms with Gasteiger partial charge in [0, 0.05) is 0 Å². The van der Waals surface area contributed by atoms with E-state index in [1.165, 1.54) is 0 Å². The van der Waals surface area contributed by atoms with Crippen molar-refractivity contribution >= 4 is 23.9 Å². The molecule has 0 aromatic heterocycles. The van der Waals surface area contributed by atoms with Gasteiger partial charge in [0.2, 0.25) is 6.79 Å². The summed E-state index contributed by atoms with van der Waals surface area (Å²) in [7, 11) is 2.23. The van der Waals surface area contributed by atoms with Gasteiger partial charge in [0.1, 0.15) is 12.8 Å². The van der Waals surface area contributed by atoms with Crippen LogP contribution < -0.4 is 0 Å². The maximum absolute atomic E-state index is 10.9. The Morgan fingerprint density at radius 1 is 0.706 bits per heavy atom. The lowest BCUT2D eigenvalue weighted by molar-refractivity contribution is -0.170. The summed E-state index contributed by atoms with van der Waals surface area (Å²) in [5.74, 6) is -3.34. The Kier molecular flexibility index (Phi) is 7.07. The minimum atomic E-state index is -0.900. The quantitative estimate of drug-likeness (QED) is 0.259. The third-order valence-electron chi connectivity index (χ3n) is 1.47. The van der Waals surface area contributed by atoms with E-state index >= 15 is 0 Å². The molecule has 17 heavy (non-hydrogen) atoms. The number of carbonyl (C=O) groups excluding carboxylic acids is 4. The molecule has 0 aliphatic carbocycles. The highest BCUT2D eigenvalue weighted by atomic mass is 16.7. The predicted molar refractivity (Wildman–Crippen MR) is 50.3 cm³/mol. The van der Waals surface area contributed by atoms with E-state index in [1.807, 2.05) is 0 Å². The Hall–Kier alpha value is -2.12. The molecule has 0 bridgehead atoms. The van der Waals surface area contributed by atoms with Crippen molar-refractivity contribution in [3.05, 3.63) is 0 Å². The highest BCUT2D eigenvalue weighted by Gasteiger charge is 2.13. The van der Waals surface area contributed by atoms with Crippen molar-refractivity contribution in [2.45, 2.75) is 12.8 Å². The Morgan fingerprint density at radius 2 is 1.06 bits per heavy atom. The normalized spacial score (nSPS) is 9.06. The average molecular weight is 248 g/mol. The molecule has 0 N–H and O–H groups in total. The number of rotatable bonds is 6. The monoisotopic (exact) mass is 248 g/mol. The first-order chi connectivity index (χ1) is 7.99. The van der Waals surface area contributed by atoms with Crippen molar-refractivity contribution < 1.29 is 38.1 Å². The summed E-state index contributed by atoms with van der Waals surface area (Å²) in [6.45, 7) is -0.675. The van der Waals surface area contributed by atoms with Crippen LogP contribution >= 0.6 is 0 Å². The SMILES string of the molecule is COC(=O)CC(=O)OCOC(=O)CC(=O)OC. The summed E-state index contributed by atoms with van der Waals surface area (Å²) in [5, 5.41) is 0. The van der Waals surface area contributed by atoms with Crippen molar-refractivity contribution in [3.63, 3.8) is 0 Å². The van der Waals surface area contributed by atoms with Crippen LogP contribution in [-0.2, 0) is 38.1 Å². The minimum absolute atomic E-state index is 0.578. The molecule has 0 aromatic rings. The van der Waals surface area contributed by atoms with Gasteiger partial charge in [-0.15, -0.1) is 0 Å². The van der Waals surface area contributed by atoms with E-state index in [1.54, 1.807) is 0 Å². The molecule has 0 atom stereocenters. The number of carbonyl (C=O) groups is 4. The molecule has 0 aliphatic rings. The zero-order valence-corrected chi connectivity index (χ0v) is 9.39. The lowest BCUT2D eigenvalue weighted by Gasteiger charge is -2.05. The molecule has 0 unspecified atom stereocenters. The molecule has 0 fully saturated rings. The molecule has 0 heterocycles. The highest BCUT2D eigenvalue weighted by Crippen LogP contribution is 1.93. The Balaban J connectivity index is 3.69. The maximum Gasteiger partial charge on any atom is 0.320 e. The zero-order valence-electron chi connectivity index (χ0n) is 9.39. The van der Waals surface area contributed by atoms with Crippen molar-refractivity contribution in [3.8, 4) is 0 Å². The average Bonchev–Trinajstić information content (AvgIpc) is 2.28. The van der Waals surface area contributed by atoms with E-state index in [9.17, 15) is 19.2 Å². The largest absolute Gasteiger partial charge is 0.469 e. The molecule has 0 saturated carbocycles. The van der Waals surface area contributed by atoms with Crippen LogP contribution in [0.1, 0.15) is 12.8 Å². The van der Waals surface area contributed by atoms with E-state index in [4.69, 9.17) is 0 Å². The summed E-state index contributed by atoms with van der Waals surface area (Å²) in [4.78, 5) is 43.0. The van der Waals surface area contributed by atoms with Crippen LogP contribution in [0.4, 0.5) is 0 Å². The molecule has 0 saturated heterocycles. The standard InChI is InChI=1S/C9H12O8/c1-14-6(10)3-8(12)16-5-17-9(13)4-7(11)15-2/h3-5H2,1-2H3. The second-order valence-corrected chi connectivity index (χ2v) is 2.66. The molecular formula is C9H12O8. The Morgan fingerprint density at radius 3 is 1.35 bits per heavy atom. The molecule has 0 amide bonds. The summed E-state index contributed by atoms with van der Waals surface area (Å²) >= 11 is 0. The fourth-order valence-corrected chi connectivity index (χ4v) is 0.643. The third kappa shape index (κ3) is 7.77. The van der Waals surface area contributed by atoms with E-state index < -0.39 is 43.5 Å². The van der Waals surface area contributed by atoms with Crippen LogP contribution in [0.15, 0.2) is 0 Å². The van der Waals surface area contributed by atoms with Gasteiger partial charge in [0.05, 0.1) is 14.2 Å². The first kappa shape index (κ1) is 14.9. The Labute approximate surface area is 96.8 Å². The highest BCUT2D eigenvalue weighted by molar-refractivity contribution is 5.92. The number of hydrogen-bond donors (Lipinski definition) is 0. The van der Waals surface area contributed by atoms with Gasteiger partial charge >= 0.3 is 23.9 Å². The number of esters is 4. The molecule has 0 aromatic carbocycles. The molecule has 0 radical (unpaired) electrons. The van der Waals surface area contributed by atoms with Gasteiger partial charge < -0.3 is 18.9 Å². The van der Waals surface area contributed by atoms with Crippen LogP contribution in [-0.4, -0.2) is 44.9 Å². The van der Waals surface area contributed by atoms with Crippen molar-refractivity contribution in [1.82, 2.24) is 0 Å². The van der Waals surface area contributed by atoms with Gasteiger partial charge in [0.25, 0.3) is 0 Å². The van der Waals surface area contributed by atoms with Gasteiger partial charge in [0.15, 0.2) is 0 Å². The molecule has 96 valence electrons. The minimum Gasteiger partial charge on any atom is -0.469 e. The Bertz CT molecular complexity index is 278. The van der Waals surface area contributed by atoms with E-state index in [-0.39, 0.29) is 0 Å². The first-order valence-electron chi connectivity index (χ1n) is 4.44. The van der Waals surface area contributed by atoms with Crippen LogP contribution in [0.3, 0.4) is 0 Å². The molecule has 0 aliphatic heterocycles. The lowest BCUT2D eigenvalue weighted by Crippen LogP contribution is -2.18. The summed E-state index contributed by atoms with van der Waals surface area (Å²) < 4.78 is 17.1. The third-order valence-corrected chi connectivity index (χ3v) is 1.47. The smallest absolute Gasteiger partial charge is 0.320 e. The number of hydrogen-bond acceptors (Lipinski definition) is 8. The van der Waals surface area contributed by atoms with Crippen LogP contribution in [0, 0.1) is 0 Å². The van der Waals surface area contributed by atoms with Gasteiger partial charge in [-0.2, -0.15) is 0 Å². The van der Waals surface area contributed by atoms with Crippen molar-refractivity contribution in [1.29, 1.82) is 0 Å². The van der Waals surface area contributed by atoms with Crippen LogP contribution in [0.2, 0.25) is 0 Å². The van der Waals surface area contributed by atoms with Crippen LogP contribution in [0.5, 0.6) is 0 Å². The first-order valence-corrected chi connectivity index (χ1v) is 4.44. The summed E-state index contributed by atoms with van der Waals surface area (Å²) in [6, 6.07) is 0.